The monoisotopic (exact) mass is 376 g/mol. The summed E-state index contributed by atoms with van der Waals surface area (Å²) < 4.78 is 1.20. The van der Waals surface area contributed by atoms with Crippen LogP contribution in [0.3, 0.4) is 0 Å². The number of aryl methyl sites for hydroxylation is 2. The molecule has 27 heavy (non-hydrogen) atoms. The smallest absolute Gasteiger partial charge is 0.267 e. The molecule has 0 radical (unpaired) electrons. The molecule has 0 saturated heterocycles. The molecule has 0 bridgehead atoms. The molecule has 0 atom stereocenters. The van der Waals surface area contributed by atoms with Crippen LogP contribution < -0.4 is 10.5 Å². The molecule has 0 fully saturated rings. The van der Waals surface area contributed by atoms with E-state index in [-0.39, 0.29) is 17.2 Å². The number of carbonyl (C=O) groups excluding carboxylic acids is 1. The highest BCUT2D eigenvalue weighted by molar-refractivity contribution is 7.14. The van der Waals surface area contributed by atoms with E-state index in [4.69, 9.17) is 0 Å². The summed E-state index contributed by atoms with van der Waals surface area (Å²) in [6.45, 7) is 1.88. The maximum atomic E-state index is 13.5. The van der Waals surface area contributed by atoms with Crippen molar-refractivity contribution in [1.82, 2.24) is 14.8 Å². The topological polar surface area (TPSA) is 68.1 Å². The van der Waals surface area contributed by atoms with E-state index < -0.39 is 0 Å². The third-order valence-corrected chi connectivity index (χ3v) is 5.12. The molecule has 2 heterocycles. The fraction of sp³-hybridized carbons (Fsp3) is 0.100. The standard InChI is InChI=1S/C20H16N4O2S/c1-13-12-27-20(21-13)24(14-8-4-3-5-9-14)19(26)17-15-10-6-7-11-16(15)18(25)23(2)22-17/h3-12H,1-2H3. The number of thiazole rings is 1. The number of rotatable bonds is 3. The first-order valence-electron chi connectivity index (χ1n) is 8.34. The van der Waals surface area contributed by atoms with Crippen molar-refractivity contribution in [1.29, 1.82) is 0 Å². The summed E-state index contributed by atoms with van der Waals surface area (Å²) in [5.74, 6) is -0.331. The molecule has 4 aromatic rings. The fourth-order valence-corrected chi connectivity index (χ4v) is 3.72. The van der Waals surface area contributed by atoms with E-state index in [1.165, 1.54) is 20.9 Å². The molecule has 2 aromatic heterocycles. The second-order valence-corrected chi connectivity index (χ2v) is 6.91. The van der Waals surface area contributed by atoms with Gasteiger partial charge >= 0.3 is 0 Å². The first-order valence-corrected chi connectivity index (χ1v) is 9.22. The van der Waals surface area contributed by atoms with E-state index in [1.807, 2.05) is 42.6 Å². The van der Waals surface area contributed by atoms with Gasteiger partial charge in [-0.3, -0.25) is 14.5 Å². The average molecular weight is 376 g/mol. The zero-order valence-corrected chi connectivity index (χ0v) is 15.6. The lowest BCUT2D eigenvalue weighted by Crippen LogP contribution is -2.30. The number of benzene rings is 2. The van der Waals surface area contributed by atoms with Crippen molar-refractivity contribution >= 4 is 38.8 Å². The summed E-state index contributed by atoms with van der Waals surface area (Å²) in [4.78, 5) is 31.9. The van der Waals surface area contributed by atoms with Gasteiger partial charge in [0.15, 0.2) is 10.8 Å². The lowest BCUT2D eigenvalue weighted by molar-refractivity contribution is 0.0994. The van der Waals surface area contributed by atoms with E-state index in [0.717, 1.165) is 5.69 Å². The van der Waals surface area contributed by atoms with E-state index >= 15 is 0 Å². The molecule has 0 aliphatic rings. The van der Waals surface area contributed by atoms with Gasteiger partial charge < -0.3 is 0 Å². The average Bonchev–Trinajstić information content (AvgIpc) is 3.11. The maximum Gasteiger partial charge on any atom is 0.285 e. The van der Waals surface area contributed by atoms with Crippen LogP contribution in [0.5, 0.6) is 0 Å². The number of anilines is 2. The summed E-state index contributed by atoms with van der Waals surface area (Å²) in [5, 5.41) is 7.71. The van der Waals surface area contributed by atoms with Crippen molar-refractivity contribution in [2.24, 2.45) is 7.05 Å². The molecular weight excluding hydrogens is 360 g/mol. The zero-order valence-electron chi connectivity index (χ0n) is 14.8. The quantitative estimate of drug-likeness (QED) is 0.547. The van der Waals surface area contributed by atoms with Crippen LogP contribution in [0.25, 0.3) is 10.8 Å². The van der Waals surface area contributed by atoms with Crippen LogP contribution in [-0.4, -0.2) is 20.7 Å². The van der Waals surface area contributed by atoms with Gasteiger partial charge in [0.1, 0.15) is 0 Å². The van der Waals surface area contributed by atoms with Gasteiger partial charge in [-0.25, -0.2) is 9.67 Å². The number of hydrogen-bond acceptors (Lipinski definition) is 5. The minimum absolute atomic E-state index is 0.212. The molecular formula is C20H16N4O2S. The highest BCUT2D eigenvalue weighted by Gasteiger charge is 2.26. The van der Waals surface area contributed by atoms with E-state index in [1.54, 1.807) is 31.3 Å². The highest BCUT2D eigenvalue weighted by atomic mass is 32.1. The molecule has 2 aromatic carbocycles. The van der Waals surface area contributed by atoms with Crippen molar-refractivity contribution < 1.29 is 4.79 Å². The van der Waals surface area contributed by atoms with Crippen molar-refractivity contribution in [3.8, 4) is 0 Å². The maximum absolute atomic E-state index is 13.5. The van der Waals surface area contributed by atoms with Crippen molar-refractivity contribution in [3.63, 3.8) is 0 Å². The summed E-state index contributed by atoms with van der Waals surface area (Å²) in [6, 6.07) is 16.3. The Bertz CT molecular complexity index is 1200. The summed E-state index contributed by atoms with van der Waals surface area (Å²) in [6.07, 6.45) is 0. The lowest BCUT2D eigenvalue weighted by Gasteiger charge is -2.20. The molecule has 6 nitrogen and oxygen atoms in total. The number of para-hydroxylation sites is 1. The Kier molecular flexibility index (Phi) is 4.29. The molecule has 0 aliphatic heterocycles. The number of aromatic nitrogens is 3. The van der Waals surface area contributed by atoms with Gasteiger partial charge in [0.05, 0.1) is 16.8 Å². The van der Waals surface area contributed by atoms with E-state index in [2.05, 4.69) is 10.1 Å². The predicted octanol–water partition coefficient (Wildman–Crippen LogP) is 3.68. The van der Waals surface area contributed by atoms with Crippen LogP contribution in [0.1, 0.15) is 16.2 Å². The highest BCUT2D eigenvalue weighted by Crippen LogP contribution is 2.30. The first-order chi connectivity index (χ1) is 13.1. The van der Waals surface area contributed by atoms with Crippen LogP contribution in [0, 0.1) is 6.92 Å². The Labute approximate surface area is 159 Å². The zero-order chi connectivity index (χ0) is 19.0. The Morgan fingerprint density at radius 3 is 2.37 bits per heavy atom. The summed E-state index contributed by atoms with van der Waals surface area (Å²) in [7, 11) is 1.55. The molecule has 0 unspecified atom stereocenters. The third-order valence-electron chi connectivity index (χ3n) is 4.17. The SMILES string of the molecule is Cc1csc(N(C(=O)c2nn(C)c(=O)c3ccccc23)c2ccccc2)n1. The molecule has 0 spiro atoms. The molecule has 0 N–H and O–H groups in total. The predicted molar refractivity (Wildman–Crippen MR) is 107 cm³/mol. The number of nitrogens with zero attached hydrogens (tertiary/aromatic N) is 4. The van der Waals surface area contributed by atoms with Crippen molar-refractivity contribution in [2.75, 3.05) is 4.90 Å². The van der Waals surface area contributed by atoms with Crippen LogP contribution in [0.15, 0.2) is 64.8 Å². The number of amides is 1. The van der Waals surface area contributed by atoms with Crippen LogP contribution in [-0.2, 0) is 7.05 Å². The summed E-state index contributed by atoms with van der Waals surface area (Å²) in [5.41, 5.74) is 1.50. The Morgan fingerprint density at radius 1 is 1.04 bits per heavy atom. The largest absolute Gasteiger partial charge is 0.285 e. The third kappa shape index (κ3) is 3.02. The summed E-state index contributed by atoms with van der Waals surface area (Å²) >= 11 is 1.39. The van der Waals surface area contributed by atoms with Crippen molar-refractivity contribution in [2.45, 2.75) is 6.92 Å². The van der Waals surface area contributed by atoms with Gasteiger partial charge in [-0.15, -0.1) is 11.3 Å². The Morgan fingerprint density at radius 2 is 1.70 bits per heavy atom. The minimum Gasteiger partial charge on any atom is -0.267 e. The van der Waals surface area contributed by atoms with E-state index in [9.17, 15) is 9.59 Å². The van der Waals surface area contributed by atoms with Gasteiger partial charge in [-0.1, -0.05) is 36.4 Å². The van der Waals surface area contributed by atoms with Gasteiger partial charge in [0, 0.05) is 17.8 Å². The van der Waals surface area contributed by atoms with Crippen LogP contribution in [0.2, 0.25) is 0 Å². The van der Waals surface area contributed by atoms with Gasteiger partial charge in [-0.2, -0.15) is 5.10 Å². The molecule has 1 amide bonds. The molecule has 0 saturated carbocycles. The molecule has 0 aliphatic carbocycles. The van der Waals surface area contributed by atoms with Gasteiger partial charge in [-0.05, 0) is 25.1 Å². The van der Waals surface area contributed by atoms with Crippen LogP contribution in [0.4, 0.5) is 10.8 Å². The molecule has 4 rings (SSSR count). The minimum atomic E-state index is -0.331. The fourth-order valence-electron chi connectivity index (χ4n) is 2.90. The second-order valence-electron chi connectivity index (χ2n) is 6.07. The Balaban J connectivity index is 1.95. The second kappa shape index (κ2) is 6.77. The van der Waals surface area contributed by atoms with Gasteiger partial charge in [0.2, 0.25) is 0 Å². The lowest BCUT2D eigenvalue weighted by atomic mass is 10.1. The van der Waals surface area contributed by atoms with Crippen molar-refractivity contribution in [3.05, 3.63) is 81.7 Å². The van der Waals surface area contributed by atoms with Crippen LogP contribution >= 0.6 is 11.3 Å². The Hall–Kier alpha value is -3.32. The number of hydrogen-bond donors (Lipinski definition) is 0. The molecule has 7 heteroatoms. The number of carbonyl (C=O) groups is 1. The first kappa shape index (κ1) is 17.1. The molecule has 134 valence electrons. The normalized spacial score (nSPS) is 10.9. The van der Waals surface area contributed by atoms with E-state index in [0.29, 0.717) is 21.6 Å². The van der Waals surface area contributed by atoms with Gasteiger partial charge in [0.25, 0.3) is 11.5 Å². The number of fused-ring (bicyclic) bond motifs is 1.